The highest BCUT2D eigenvalue weighted by Gasteiger charge is 2.73. The Kier molecular flexibility index (Phi) is 6.30. The number of aliphatic hydroxyl groups is 2. The van der Waals surface area contributed by atoms with E-state index in [1.165, 1.54) is 18.4 Å². The molecule has 1 saturated carbocycles. The van der Waals surface area contributed by atoms with Crippen molar-refractivity contribution in [2.45, 2.75) is 81.6 Å². The van der Waals surface area contributed by atoms with Crippen LogP contribution in [0.3, 0.4) is 0 Å². The normalized spacial score (nSPS) is 29.0. The molecular formula is C33H37ClN4O5. The Labute approximate surface area is 256 Å². The molecule has 43 heavy (non-hydrogen) atoms. The van der Waals surface area contributed by atoms with Crippen molar-refractivity contribution in [3.63, 3.8) is 0 Å². The van der Waals surface area contributed by atoms with Gasteiger partial charge in [-0.2, -0.15) is 4.98 Å². The highest BCUT2D eigenvalue weighted by Crippen LogP contribution is 2.65. The number of nitrogens with zero attached hydrogens (tertiary/aromatic N) is 3. The predicted octanol–water partition coefficient (Wildman–Crippen LogP) is 4.50. The van der Waals surface area contributed by atoms with Crippen LogP contribution in [0.1, 0.15) is 62.1 Å². The number of piperidine rings is 1. The SMILES string of the molecule is Cc1ccc2c3c1O[C@H]1C(O)=C(C(=O)NC(C)(C)c4nc(-c5ccccc5)no4)C[C@@]4(O)[C@@H](C2)N(CC2CC2)CC[C@]314.Cl. The van der Waals surface area contributed by atoms with E-state index in [1.807, 2.05) is 37.3 Å². The Morgan fingerprint density at radius 1 is 1.19 bits per heavy atom. The maximum absolute atomic E-state index is 14.0. The molecule has 1 aromatic heterocycles. The second kappa shape index (κ2) is 9.55. The van der Waals surface area contributed by atoms with Gasteiger partial charge in [0.2, 0.25) is 5.82 Å². The number of nitrogens with one attached hydrogen (secondary N) is 1. The molecule has 1 amide bonds. The van der Waals surface area contributed by atoms with Crippen molar-refractivity contribution in [1.82, 2.24) is 20.4 Å². The van der Waals surface area contributed by atoms with Crippen LogP contribution >= 0.6 is 12.4 Å². The molecule has 3 aromatic rings. The molecule has 2 fully saturated rings. The van der Waals surface area contributed by atoms with Crippen LogP contribution in [0.15, 0.2) is 58.3 Å². The molecule has 1 spiro atoms. The molecule has 2 aromatic carbocycles. The second-order valence-electron chi connectivity index (χ2n) is 13.5. The van der Waals surface area contributed by atoms with Crippen molar-refractivity contribution < 1.29 is 24.3 Å². The number of carbonyl (C=O) groups excluding carboxylic acids is 1. The average molecular weight is 605 g/mol. The summed E-state index contributed by atoms with van der Waals surface area (Å²) in [5.41, 5.74) is 1.04. The monoisotopic (exact) mass is 604 g/mol. The van der Waals surface area contributed by atoms with Crippen LogP contribution in [0.4, 0.5) is 0 Å². The Bertz CT molecular complexity index is 1650. The van der Waals surface area contributed by atoms with E-state index in [0.29, 0.717) is 24.6 Å². The summed E-state index contributed by atoms with van der Waals surface area (Å²) in [5, 5.41) is 31.8. The van der Waals surface area contributed by atoms with Crippen LogP contribution in [-0.2, 0) is 22.2 Å². The lowest BCUT2D eigenvalue weighted by Gasteiger charge is -2.62. The van der Waals surface area contributed by atoms with Crippen LogP contribution in [0.25, 0.3) is 11.4 Å². The minimum atomic E-state index is -1.27. The molecule has 3 N–H and O–H groups in total. The van der Waals surface area contributed by atoms with Crippen molar-refractivity contribution in [2.75, 3.05) is 13.1 Å². The minimum absolute atomic E-state index is 0. The van der Waals surface area contributed by atoms with E-state index in [0.717, 1.165) is 35.5 Å². The molecule has 1 saturated heterocycles. The number of likely N-dealkylation sites (tertiary alicyclic amines) is 1. The molecule has 10 heteroatoms. The lowest BCUT2D eigenvalue weighted by Crippen LogP contribution is -2.76. The van der Waals surface area contributed by atoms with Crippen molar-refractivity contribution in [1.29, 1.82) is 0 Å². The van der Waals surface area contributed by atoms with Gasteiger partial charge in [-0.15, -0.1) is 12.4 Å². The van der Waals surface area contributed by atoms with Gasteiger partial charge < -0.3 is 24.8 Å². The fraction of sp³-hybridized carbons (Fsp3) is 0.485. The maximum Gasteiger partial charge on any atom is 0.252 e. The molecule has 8 rings (SSSR count). The molecule has 226 valence electrons. The first kappa shape index (κ1) is 28.4. The van der Waals surface area contributed by atoms with E-state index in [-0.39, 0.29) is 42.1 Å². The standard InChI is InChI=1S/C33H36N4O5.ClH/c1-18-9-12-21-15-23-33(40)16-22(29(39)35-31(2,3)30-34-28(36-42-30)20-7-5-4-6-8-20)25(38)27-32(33,24(21)26(18)41-27)13-14-37(23)17-19-10-11-19;/h4-9,12,19,23,27,38,40H,10-11,13-17H2,1-3H3,(H,35,39);1H/t23-,27+,32+,33-;/m1./s1. The summed E-state index contributed by atoms with van der Waals surface area (Å²) in [6, 6.07) is 13.5. The average Bonchev–Trinajstić information content (AvgIpc) is 3.48. The van der Waals surface area contributed by atoms with Crippen LogP contribution in [0.2, 0.25) is 0 Å². The van der Waals surface area contributed by atoms with Crippen molar-refractivity contribution in [3.05, 3.63) is 76.4 Å². The third-order valence-corrected chi connectivity index (χ3v) is 10.4. The van der Waals surface area contributed by atoms with Crippen LogP contribution < -0.4 is 10.1 Å². The smallest absolute Gasteiger partial charge is 0.252 e. The van der Waals surface area contributed by atoms with Gasteiger partial charge in [0.1, 0.15) is 17.0 Å². The largest absolute Gasteiger partial charge is 0.508 e. The summed E-state index contributed by atoms with van der Waals surface area (Å²) < 4.78 is 12.1. The fourth-order valence-corrected chi connectivity index (χ4v) is 8.11. The Morgan fingerprint density at radius 3 is 2.70 bits per heavy atom. The first-order valence-corrected chi connectivity index (χ1v) is 15.0. The zero-order valence-corrected chi connectivity index (χ0v) is 25.4. The lowest BCUT2D eigenvalue weighted by molar-refractivity contribution is -0.172. The number of rotatable bonds is 6. The van der Waals surface area contributed by atoms with E-state index < -0.39 is 28.6 Å². The molecule has 3 heterocycles. The van der Waals surface area contributed by atoms with E-state index >= 15 is 0 Å². The van der Waals surface area contributed by atoms with Gasteiger partial charge in [0.15, 0.2) is 6.10 Å². The number of carbonyl (C=O) groups is 1. The van der Waals surface area contributed by atoms with E-state index in [1.54, 1.807) is 13.8 Å². The molecule has 2 bridgehead atoms. The molecule has 2 aliphatic heterocycles. The van der Waals surface area contributed by atoms with Crippen molar-refractivity contribution >= 4 is 18.3 Å². The van der Waals surface area contributed by atoms with Gasteiger partial charge in [0.05, 0.1) is 16.6 Å². The summed E-state index contributed by atoms with van der Waals surface area (Å²) in [6.07, 6.45) is 3.02. The summed E-state index contributed by atoms with van der Waals surface area (Å²) in [5.74, 6) is 1.52. The summed E-state index contributed by atoms with van der Waals surface area (Å²) in [4.78, 5) is 21.0. The van der Waals surface area contributed by atoms with E-state index in [9.17, 15) is 15.0 Å². The topological polar surface area (TPSA) is 121 Å². The van der Waals surface area contributed by atoms with Crippen LogP contribution in [-0.4, -0.2) is 62.0 Å². The number of benzene rings is 2. The number of hydrogen-bond donors (Lipinski definition) is 3. The van der Waals surface area contributed by atoms with Gasteiger partial charge in [-0.3, -0.25) is 9.69 Å². The van der Waals surface area contributed by atoms with Gasteiger partial charge in [-0.05, 0) is 70.0 Å². The zero-order valence-electron chi connectivity index (χ0n) is 24.6. The Hall–Kier alpha value is -3.40. The number of ether oxygens (including phenoxy) is 1. The Balaban J connectivity index is 0.00000300. The molecular weight excluding hydrogens is 568 g/mol. The molecule has 0 radical (unpaired) electrons. The van der Waals surface area contributed by atoms with Gasteiger partial charge in [0, 0.05) is 30.1 Å². The number of aliphatic hydroxyl groups excluding tert-OH is 1. The molecule has 5 aliphatic rings. The van der Waals surface area contributed by atoms with E-state index in [2.05, 4.69) is 32.5 Å². The van der Waals surface area contributed by atoms with Crippen LogP contribution in [0, 0.1) is 12.8 Å². The van der Waals surface area contributed by atoms with Gasteiger partial charge >= 0.3 is 0 Å². The zero-order chi connectivity index (χ0) is 29.0. The van der Waals surface area contributed by atoms with Gasteiger partial charge in [-0.1, -0.05) is 47.6 Å². The quantitative estimate of drug-likeness (QED) is 0.376. The first-order valence-electron chi connectivity index (χ1n) is 15.0. The molecule has 0 unspecified atom stereocenters. The molecule has 3 aliphatic carbocycles. The number of aryl methyl sites for hydroxylation is 1. The molecule has 4 atom stereocenters. The number of halogens is 1. The highest BCUT2D eigenvalue weighted by atomic mass is 35.5. The van der Waals surface area contributed by atoms with Gasteiger partial charge in [-0.25, -0.2) is 0 Å². The lowest BCUT2D eigenvalue weighted by atomic mass is 9.49. The predicted molar refractivity (Wildman–Crippen MR) is 161 cm³/mol. The number of amides is 1. The fourth-order valence-electron chi connectivity index (χ4n) is 8.11. The minimum Gasteiger partial charge on any atom is -0.508 e. The third-order valence-electron chi connectivity index (χ3n) is 10.4. The summed E-state index contributed by atoms with van der Waals surface area (Å²) >= 11 is 0. The third kappa shape index (κ3) is 3.94. The maximum atomic E-state index is 14.0. The van der Waals surface area contributed by atoms with Crippen molar-refractivity contribution in [3.8, 4) is 17.1 Å². The number of aromatic nitrogens is 2. The van der Waals surface area contributed by atoms with E-state index in [4.69, 9.17) is 9.26 Å². The highest BCUT2D eigenvalue weighted by molar-refractivity contribution is 5.95. The summed E-state index contributed by atoms with van der Waals surface area (Å²) in [7, 11) is 0. The number of hydrogen-bond acceptors (Lipinski definition) is 8. The summed E-state index contributed by atoms with van der Waals surface area (Å²) in [6.45, 7) is 7.36. The van der Waals surface area contributed by atoms with Crippen LogP contribution in [0.5, 0.6) is 5.75 Å². The van der Waals surface area contributed by atoms with Gasteiger partial charge in [0.25, 0.3) is 11.8 Å². The van der Waals surface area contributed by atoms with Crippen molar-refractivity contribution in [2.24, 2.45) is 5.92 Å². The first-order chi connectivity index (χ1) is 20.1. The second-order valence-corrected chi connectivity index (χ2v) is 13.5. The molecule has 9 nitrogen and oxygen atoms in total. The Morgan fingerprint density at radius 2 is 1.95 bits per heavy atom.